The molecule has 0 spiro atoms. The van der Waals surface area contributed by atoms with E-state index in [2.05, 4.69) is 11.1 Å². The molecule has 2 aromatic heterocycles. The summed E-state index contributed by atoms with van der Waals surface area (Å²) in [6, 6.07) is 16.0. The van der Waals surface area contributed by atoms with Crippen molar-refractivity contribution in [2.45, 2.75) is 22.8 Å². The van der Waals surface area contributed by atoms with E-state index in [1.807, 2.05) is 24.5 Å². The number of aromatic nitrogens is 1. The number of rotatable bonds is 7. The summed E-state index contributed by atoms with van der Waals surface area (Å²) in [6.45, 7) is 0.266. The third-order valence-corrected chi connectivity index (χ3v) is 7.61. The summed E-state index contributed by atoms with van der Waals surface area (Å²) in [5.74, 6) is 0.512. The van der Waals surface area contributed by atoms with Crippen LogP contribution in [0.4, 0.5) is 5.13 Å². The fourth-order valence-electron chi connectivity index (χ4n) is 3.08. The average molecular weight is 473 g/mol. The summed E-state index contributed by atoms with van der Waals surface area (Å²) in [6.07, 6.45) is 4.88. The second-order valence-corrected chi connectivity index (χ2v) is 10.9. The van der Waals surface area contributed by atoms with Crippen LogP contribution in [0.25, 0.3) is 10.2 Å². The van der Waals surface area contributed by atoms with Crippen LogP contribution in [0, 0.1) is 0 Å². The molecule has 0 N–H and O–H groups in total. The minimum Gasteiger partial charge on any atom is -0.467 e. The van der Waals surface area contributed by atoms with E-state index >= 15 is 0 Å². The van der Waals surface area contributed by atoms with Crippen LogP contribution >= 0.6 is 23.1 Å². The number of benzene rings is 2. The van der Waals surface area contributed by atoms with Gasteiger partial charge in [0.05, 0.1) is 34.3 Å². The number of anilines is 1. The molecular weight excluding hydrogens is 452 g/mol. The molecule has 2 heterocycles. The van der Waals surface area contributed by atoms with Gasteiger partial charge in [0.25, 0.3) is 0 Å². The van der Waals surface area contributed by atoms with Crippen molar-refractivity contribution in [3.8, 4) is 0 Å². The van der Waals surface area contributed by atoms with Crippen LogP contribution in [0.1, 0.15) is 11.3 Å². The van der Waals surface area contributed by atoms with E-state index in [0.29, 0.717) is 10.9 Å². The van der Waals surface area contributed by atoms with Crippen LogP contribution < -0.4 is 4.90 Å². The molecule has 0 atom stereocenters. The zero-order chi connectivity index (χ0) is 22.0. The van der Waals surface area contributed by atoms with Gasteiger partial charge in [0, 0.05) is 11.2 Å². The Morgan fingerprint density at radius 2 is 1.94 bits per heavy atom. The summed E-state index contributed by atoms with van der Waals surface area (Å²) in [4.78, 5) is 20.9. The number of hydrogen-bond acceptors (Lipinski definition) is 7. The van der Waals surface area contributed by atoms with Gasteiger partial charge in [-0.2, -0.15) is 0 Å². The number of fused-ring (bicyclic) bond motifs is 1. The van der Waals surface area contributed by atoms with E-state index in [1.54, 1.807) is 41.1 Å². The topological polar surface area (TPSA) is 80.5 Å². The van der Waals surface area contributed by atoms with Crippen LogP contribution in [0.3, 0.4) is 0 Å². The molecule has 0 unspecified atom stereocenters. The van der Waals surface area contributed by atoms with E-state index in [4.69, 9.17) is 4.42 Å². The first-order valence-electron chi connectivity index (χ1n) is 9.40. The van der Waals surface area contributed by atoms with Gasteiger partial charge in [-0.05, 0) is 54.3 Å². The van der Waals surface area contributed by atoms with Crippen molar-refractivity contribution in [2.24, 2.45) is 0 Å². The molecular formula is C22H20N2O4S3. The highest BCUT2D eigenvalue weighted by molar-refractivity contribution is 7.98. The SMILES string of the molecule is CSc1ccc2nc(N(Cc3ccco3)C(=O)Cc3ccc(S(C)(=O)=O)cc3)sc2c1. The summed E-state index contributed by atoms with van der Waals surface area (Å²) < 4.78 is 29.8. The molecule has 6 nitrogen and oxygen atoms in total. The highest BCUT2D eigenvalue weighted by Crippen LogP contribution is 2.32. The molecule has 4 aromatic rings. The first kappa shape index (κ1) is 21.6. The number of sulfone groups is 1. The number of carbonyl (C=O) groups is 1. The molecule has 0 aliphatic heterocycles. The molecule has 0 fully saturated rings. The second-order valence-electron chi connectivity index (χ2n) is 6.98. The van der Waals surface area contributed by atoms with Crippen molar-refractivity contribution >= 4 is 54.2 Å². The molecule has 4 rings (SSSR count). The Labute approximate surface area is 188 Å². The number of carbonyl (C=O) groups excluding carboxylic acids is 1. The van der Waals surface area contributed by atoms with Crippen molar-refractivity contribution in [2.75, 3.05) is 17.4 Å². The average Bonchev–Trinajstić information content (AvgIpc) is 3.40. The monoisotopic (exact) mass is 472 g/mol. The van der Waals surface area contributed by atoms with E-state index in [9.17, 15) is 13.2 Å². The van der Waals surface area contributed by atoms with E-state index in [1.165, 1.54) is 23.5 Å². The third kappa shape index (κ3) is 5.00. The zero-order valence-corrected chi connectivity index (χ0v) is 19.4. The predicted molar refractivity (Wildman–Crippen MR) is 125 cm³/mol. The molecule has 1 amide bonds. The number of thioether (sulfide) groups is 1. The predicted octanol–water partition coefficient (Wildman–Crippen LogP) is 4.79. The van der Waals surface area contributed by atoms with Crippen LogP contribution in [0.15, 0.2) is 75.1 Å². The molecule has 0 radical (unpaired) electrons. The number of thiazole rings is 1. The van der Waals surface area contributed by atoms with Gasteiger partial charge in [0.2, 0.25) is 5.91 Å². The molecule has 160 valence electrons. The fraction of sp³-hybridized carbons (Fsp3) is 0.182. The van der Waals surface area contributed by atoms with Crippen molar-refractivity contribution in [3.05, 3.63) is 72.2 Å². The molecule has 0 saturated carbocycles. The van der Waals surface area contributed by atoms with Gasteiger partial charge in [-0.25, -0.2) is 13.4 Å². The normalized spacial score (nSPS) is 11.7. The lowest BCUT2D eigenvalue weighted by molar-refractivity contribution is -0.118. The largest absolute Gasteiger partial charge is 0.467 e. The third-order valence-electron chi connectivity index (χ3n) is 4.72. The van der Waals surface area contributed by atoms with Gasteiger partial charge < -0.3 is 4.42 Å². The first-order valence-corrected chi connectivity index (χ1v) is 13.3. The summed E-state index contributed by atoms with van der Waals surface area (Å²) in [5.41, 5.74) is 1.57. The van der Waals surface area contributed by atoms with E-state index in [0.717, 1.165) is 26.9 Å². The van der Waals surface area contributed by atoms with Crippen LogP contribution in [-0.2, 0) is 27.6 Å². The number of nitrogens with zero attached hydrogens (tertiary/aromatic N) is 2. The molecule has 0 saturated heterocycles. The van der Waals surface area contributed by atoms with Crippen LogP contribution in [0.5, 0.6) is 0 Å². The van der Waals surface area contributed by atoms with Gasteiger partial charge >= 0.3 is 0 Å². The summed E-state index contributed by atoms with van der Waals surface area (Å²) in [7, 11) is -3.28. The molecule has 31 heavy (non-hydrogen) atoms. The van der Waals surface area contributed by atoms with Gasteiger partial charge in [-0.3, -0.25) is 9.69 Å². The molecule has 0 aliphatic rings. The van der Waals surface area contributed by atoms with Crippen molar-refractivity contribution in [3.63, 3.8) is 0 Å². The Bertz CT molecular complexity index is 1310. The second kappa shape index (κ2) is 8.86. The Morgan fingerprint density at radius 3 is 2.58 bits per heavy atom. The van der Waals surface area contributed by atoms with E-state index in [-0.39, 0.29) is 23.8 Å². The van der Waals surface area contributed by atoms with Gasteiger partial charge in [-0.1, -0.05) is 23.5 Å². The van der Waals surface area contributed by atoms with Gasteiger partial charge in [0.15, 0.2) is 15.0 Å². The number of hydrogen-bond donors (Lipinski definition) is 0. The Morgan fingerprint density at radius 1 is 1.16 bits per heavy atom. The highest BCUT2D eigenvalue weighted by atomic mass is 32.2. The number of amides is 1. The quantitative estimate of drug-likeness (QED) is 0.360. The van der Waals surface area contributed by atoms with Crippen LogP contribution in [0.2, 0.25) is 0 Å². The number of furan rings is 1. The minimum absolute atomic E-state index is 0.122. The highest BCUT2D eigenvalue weighted by Gasteiger charge is 2.22. The van der Waals surface area contributed by atoms with Crippen molar-refractivity contribution in [1.82, 2.24) is 4.98 Å². The van der Waals surface area contributed by atoms with Gasteiger partial charge in [-0.15, -0.1) is 11.8 Å². The Hall–Kier alpha value is -2.62. The Kier molecular flexibility index (Phi) is 6.17. The maximum absolute atomic E-state index is 13.2. The van der Waals surface area contributed by atoms with Crippen LogP contribution in [-0.4, -0.2) is 31.8 Å². The zero-order valence-electron chi connectivity index (χ0n) is 16.9. The maximum atomic E-state index is 13.2. The molecule has 9 heteroatoms. The summed E-state index contributed by atoms with van der Waals surface area (Å²) in [5, 5.41) is 0.599. The lowest BCUT2D eigenvalue weighted by Gasteiger charge is -2.19. The minimum atomic E-state index is -3.28. The van der Waals surface area contributed by atoms with Crippen molar-refractivity contribution in [1.29, 1.82) is 0 Å². The molecule has 0 bridgehead atoms. The standard InChI is InChI=1S/C22H20N2O4S3/c1-29-17-7-10-19-20(13-17)30-22(23-19)24(14-16-4-3-11-28-16)21(25)12-15-5-8-18(9-6-15)31(2,26)27/h3-11,13H,12,14H2,1-2H3. The van der Waals surface area contributed by atoms with E-state index < -0.39 is 9.84 Å². The lowest BCUT2D eigenvalue weighted by atomic mass is 10.1. The first-order chi connectivity index (χ1) is 14.8. The maximum Gasteiger partial charge on any atom is 0.233 e. The van der Waals surface area contributed by atoms with Gasteiger partial charge in [0.1, 0.15) is 5.76 Å². The summed E-state index contributed by atoms with van der Waals surface area (Å²) >= 11 is 3.12. The molecule has 0 aliphatic carbocycles. The lowest BCUT2D eigenvalue weighted by Crippen LogP contribution is -2.31. The Balaban J connectivity index is 1.64. The molecule has 2 aromatic carbocycles. The van der Waals surface area contributed by atoms with Crippen molar-refractivity contribution < 1.29 is 17.6 Å². The smallest absolute Gasteiger partial charge is 0.233 e. The fourth-order valence-corrected chi connectivity index (χ4v) is 5.25.